The van der Waals surface area contributed by atoms with Gasteiger partial charge in [0, 0.05) is 17.7 Å². The third kappa shape index (κ3) is 4.01. The van der Waals surface area contributed by atoms with Crippen molar-refractivity contribution < 1.29 is 9.32 Å². The summed E-state index contributed by atoms with van der Waals surface area (Å²) in [6, 6.07) is 17.1. The molecule has 0 N–H and O–H groups in total. The van der Waals surface area contributed by atoms with Crippen molar-refractivity contribution in [1.29, 1.82) is 0 Å². The van der Waals surface area contributed by atoms with Gasteiger partial charge in [0.15, 0.2) is 0 Å². The SMILES string of the molecule is C=CCN(Cc1nc(-c2ccccc2)no1)C(=O)c1cccc(C)c1. The summed E-state index contributed by atoms with van der Waals surface area (Å²) in [5, 5.41) is 4.00. The summed E-state index contributed by atoms with van der Waals surface area (Å²) < 4.78 is 5.32. The molecule has 0 spiro atoms. The maximum Gasteiger partial charge on any atom is 0.254 e. The van der Waals surface area contributed by atoms with Gasteiger partial charge < -0.3 is 9.42 Å². The molecule has 1 amide bonds. The molecule has 5 nitrogen and oxygen atoms in total. The van der Waals surface area contributed by atoms with E-state index in [9.17, 15) is 4.79 Å². The van der Waals surface area contributed by atoms with Crippen LogP contribution >= 0.6 is 0 Å². The van der Waals surface area contributed by atoms with Crippen molar-refractivity contribution in [2.45, 2.75) is 13.5 Å². The Kier molecular flexibility index (Phi) is 5.04. The lowest BCUT2D eigenvalue weighted by molar-refractivity contribution is 0.0745. The molecule has 1 aromatic heterocycles. The van der Waals surface area contributed by atoms with Gasteiger partial charge in [0.25, 0.3) is 5.91 Å². The largest absolute Gasteiger partial charge is 0.337 e. The van der Waals surface area contributed by atoms with E-state index in [4.69, 9.17) is 4.52 Å². The quantitative estimate of drug-likeness (QED) is 0.643. The molecule has 0 unspecified atom stereocenters. The summed E-state index contributed by atoms with van der Waals surface area (Å²) in [6.07, 6.45) is 1.68. The van der Waals surface area contributed by atoms with Crippen molar-refractivity contribution in [3.8, 4) is 11.4 Å². The van der Waals surface area contributed by atoms with E-state index in [0.29, 0.717) is 23.8 Å². The maximum atomic E-state index is 12.8. The van der Waals surface area contributed by atoms with E-state index in [1.165, 1.54) is 0 Å². The zero-order chi connectivity index (χ0) is 17.6. The van der Waals surface area contributed by atoms with Crippen molar-refractivity contribution in [2.75, 3.05) is 6.54 Å². The molecule has 0 aliphatic carbocycles. The second kappa shape index (κ2) is 7.57. The van der Waals surface area contributed by atoms with Crippen molar-refractivity contribution in [3.05, 3.63) is 84.3 Å². The minimum atomic E-state index is -0.0944. The predicted octanol–water partition coefficient (Wildman–Crippen LogP) is 3.87. The number of hydrogen-bond donors (Lipinski definition) is 0. The van der Waals surface area contributed by atoms with Gasteiger partial charge in [0.05, 0.1) is 0 Å². The van der Waals surface area contributed by atoms with Crippen LogP contribution < -0.4 is 0 Å². The lowest BCUT2D eigenvalue weighted by Crippen LogP contribution is -2.30. The Morgan fingerprint density at radius 3 is 2.72 bits per heavy atom. The molecule has 2 aromatic carbocycles. The Morgan fingerprint density at radius 2 is 2.00 bits per heavy atom. The average Bonchev–Trinajstić information content (AvgIpc) is 3.10. The highest BCUT2D eigenvalue weighted by molar-refractivity contribution is 5.94. The Morgan fingerprint density at radius 1 is 1.20 bits per heavy atom. The topological polar surface area (TPSA) is 59.2 Å². The van der Waals surface area contributed by atoms with E-state index in [1.807, 2.05) is 55.5 Å². The fourth-order valence-electron chi connectivity index (χ4n) is 2.52. The molecule has 0 radical (unpaired) electrons. The van der Waals surface area contributed by atoms with Gasteiger partial charge in [0.1, 0.15) is 6.54 Å². The maximum absolute atomic E-state index is 12.8. The molecule has 0 saturated carbocycles. The summed E-state index contributed by atoms with van der Waals surface area (Å²) in [5.41, 5.74) is 2.54. The first-order chi connectivity index (χ1) is 12.2. The fourth-order valence-corrected chi connectivity index (χ4v) is 2.52. The Balaban J connectivity index is 1.79. The van der Waals surface area contributed by atoms with Crippen LogP contribution in [-0.2, 0) is 6.54 Å². The van der Waals surface area contributed by atoms with Crippen LogP contribution in [0.25, 0.3) is 11.4 Å². The van der Waals surface area contributed by atoms with Crippen molar-refractivity contribution >= 4 is 5.91 Å². The zero-order valence-corrected chi connectivity index (χ0v) is 14.1. The van der Waals surface area contributed by atoms with Crippen LogP contribution in [0.3, 0.4) is 0 Å². The summed E-state index contributed by atoms with van der Waals surface area (Å²) in [7, 11) is 0. The Bertz CT molecular complexity index is 871. The molecule has 0 bridgehead atoms. The van der Waals surface area contributed by atoms with Gasteiger partial charge in [-0.15, -0.1) is 6.58 Å². The number of benzene rings is 2. The van der Waals surface area contributed by atoms with Crippen molar-refractivity contribution in [2.24, 2.45) is 0 Å². The highest BCUT2D eigenvalue weighted by atomic mass is 16.5. The van der Waals surface area contributed by atoms with E-state index >= 15 is 0 Å². The van der Waals surface area contributed by atoms with Crippen LogP contribution in [0, 0.1) is 6.92 Å². The second-order valence-corrected chi connectivity index (χ2v) is 5.72. The molecule has 3 aromatic rings. The first-order valence-corrected chi connectivity index (χ1v) is 8.02. The lowest BCUT2D eigenvalue weighted by Gasteiger charge is -2.19. The molecule has 0 aliphatic heterocycles. The first kappa shape index (κ1) is 16.6. The van der Waals surface area contributed by atoms with Crippen LogP contribution in [-0.4, -0.2) is 27.5 Å². The number of nitrogens with zero attached hydrogens (tertiary/aromatic N) is 3. The molecule has 0 saturated heterocycles. The second-order valence-electron chi connectivity index (χ2n) is 5.72. The average molecular weight is 333 g/mol. The number of aromatic nitrogens is 2. The van der Waals surface area contributed by atoms with E-state index < -0.39 is 0 Å². The summed E-state index contributed by atoms with van der Waals surface area (Å²) in [6.45, 7) is 6.32. The van der Waals surface area contributed by atoms with E-state index in [0.717, 1.165) is 11.1 Å². The number of hydrogen-bond acceptors (Lipinski definition) is 4. The number of carbonyl (C=O) groups is 1. The fraction of sp³-hybridized carbons (Fsp3) is 0.150. The molecule has 3 rings (SSSR count). The van der Waals surface area contributed by atoms with Gasteiger partial charge in [-0.3, -0.25) is 4.79 Å². The third-order valence-electron chi connectivity index (χ3n) is 3.73. The number of rotatable bonds is 6. The van der Waals surface area contributed by atoms with Gasteiger partial charge in [-0.1, -0.05) is 59.3 Å². The van der Waals surface area contributed by atoms with Gasteiger partial charge in [0.2, 0.25) is 11.7 Å². The minimum absolute atomic E-state index is 0.0944. The Hall–Kier alpha value is -3.21. The van der Waals surface area contributed by atoms with Crippen LogP contribution in [0.4, 0.5) is 0 Å². The third-order valence-corrected chi connectivity index (χ3v) is 3.73. The normalized spacial score (nSPS) is 10.4. The van der Waals surface area contributed by atoms with Gasteiger partial charge >= 0.3 is 0 Å². The smallest absolute Gasteiger partial charge is 0.254 e. The predicted molar refractivity (Wildman–Crippen MR) is 95.9 cm³/mol. The molecular weight excluding hydrogens is 314 g/mol. The number of amides is 1. The molecular formula is C20H19N3O2. The standard InChI is InChI=1S/C20H19N3O2/c1-3-12-23(20(24)17-11-7-8-15(2)13-17)14-18-21-19(22-25-18)16-9-5-4-6-10-16/h3-11,13H,1,12,14H2,2H3. The van der Waals surface area contributed by atoms with E-state index in [-0.39, 0.29) is 12.5 Å². The Labute approximate surface area is 146 Å². The molecule has 0 atom stereocenters. The van der Waals surface area contributed by atoms with Crippen LogP contribution in [0.15, 0.2) is 71.8 Å². The zero-order valence-electron chi connectivity index (χ0n) is 14.1. The molecule has 25 heavy (non-hydrogen) atoms. The minimum Gasteiger partial charge on any atom is -0.337 e. The first-order valence-electron chi connectivity index (χ1n) is 8.02. The van der Waals surface area contributed by atoms with Gasteiger partial charge in [-0.25, -0.2) is 0 Å². The van der Waals surface area contributed by atoms with Crippen molar-refractivity contribution in [3.63, 3.8) is 0 Å². The van der Waals surface area contributed by atoms with Crippen LogP contribution in [0.5, 0.6) is 0 Å². The lowest BCUT2D eigenvalue weighted by atomic mass is 10.1. The van der Waals surface area contributed by atoms with Gasteiger partial charge in [-0.2, -0.15) is 4.98 Å². The molecule has 1 heterocycles. The monoisotopic (exact) mass is 333 g/mol. The van der Waals surface area contributed by atoms with E-state index in [1.54, 1.807) is 17.0 Å². The van der Waals surface area contributed by atoms with E-state index in [2.05, 4.69) is 16.7 Å². The number of aryl methyl sites for hydroxylation is 1. The van der Waals surface area contributed by atoms with Gasteiger partial charge in [-0.05, 0) is 19.1 Å². The van der Waals surface area contributed by atoms with Crippen molar-refractivity contribution in [1.82, 2.24) is 15.0 Å². The molecule has 0 fully saturated rings. The molecule has 0 aliphatic rings. The number of carbonyl (C=O) groups excluding carboxylic acids is 1. The highest BCUT2D eigenvalue weighted by Crippen LogP contribution is 2.16. The molecule has 5 heteroatoms. The summed E-state index contributed by atoms with van der Waals surface area (Å²) in [4.78, 5) is 18.8. The highest BCUT2D eigenvalue weighted by Gasteiger charge is 2.18. The summed E-state index contributed by atoms with van der Waals surface area (Å²) >= 11 is 0. The summed E-state index contributed by atoms with van der Waals surface area (Å²) in [5.74, 6) is 0.807. The van der Waals surface area contributed by atoms with Crippen LogP contribution in [0.1, 0.15) is 21.8 Å². The van der Waals surface area contributed by atoms with Crippen LogP contribution in [0.2, 0.25) is 0 Å². The molecule has 126 valence electrons.